The monoisotopic (exact) mass is 585 g/mol. The molecule has 4 heterocycles. The van der Waals surface area contributed by atoms with Crippen LogP contribution in [0.25, 0.3) is 22.2 Å². The minimum Gasteiger partial charge on any atom is -0.478 e. The third-order valence-corrected chi connectivity index (χ3v) is 7.28. The Morgan fingerprint density at radius 2 is 1.91 bits per heavy atom. The van der Waals surface area contributed by atoms with E-state index in [9.17, 15) is 14.7 Å². The maximum absolute atomic E-state index is 15.5. The van der Waals surface area contributed by atoms with Gasteiger partial charge in [0.15, 0.2) is 0 Å². The highest BCUT2D eigenvalue weighted by Crippen LogP contribution is 2.30. The number of nitrogens with two attached hydrogens (primary N) is 1. The van der Waals surface area contributed by atoms with Gasteiger partial charge in [-0.15, -0.1) is 0 Å². The van der Waals surface area contributed by atoms with Crippen LogP contribution in [0.3, 0.4) is 0 Å². The Morgan fingerprint density at radius 3 is 2.60 bits per heavy atom. The SMILES string of the molecule is NC(=O)c1ccc(COc2nccc(-c3cc(F)c(Cc4cc5ccc(C(=O)O)cc5n4C[C@@H]4CCO4)cc3F)n2)cn1. The molecule has 3 aromatic heterocycles. The summed E-state index contributed by atoms with van der Waals surface area (Å²) in [4.78, 5) is 35.0. The Hall–Kier alpha value is -5.23. The number of pyridine rings is 1. The van der Waals surface area contributed by atoms with Crippen LogP contribution in [0.2, 0.25) is 0 Å². The number of benzene rings is 2. The molecule has 6 rings (SSSR count). The van der Waals surface area contributed by atoms with Gasteiger partial charge in [-0.3, -0.25) is 9.78 Å². The molecule has 0 aliphatic carbocycles. The molecule has 5 aromatic rings. The van der Waals surface area contributed by atoms with Crippen molar-refractivity contribution in [2.45, 2.75) is 32.1 Å². The van der Waals surface area contributed by atoms with E-state index in [0.717, 1.165) is 23.9 Å². The van der Waals surface area contributed by atoms with Gasteiger partial charge in [0.05, 0.1) is 17.4 Å². The molecule has 43 heavy (non-hydrogen) atoms. The summed E-state index contributed by atoms with van der Waals surface area (Å²) in [6.07, 6.45) is 3.71. The zero-order chi connectivity index (χ0) is 30.1. The first-order valence-corrected chi connectivity index (χ1v) is 13.4. The van der Waals surface area contributed by atoms with E-state index < -0.39 is 23.5 Å². The molecule has 1 amide bonds. The number of amides is 1. The van der Waals surface area contributed by atoms with Crippen LogP contribution in [-0.2, 0) is 24.3 Å². The van der Waals surface area contributed by atoms with E-state index in [4.69, 9.17) is 15.2 Å². The van der Waals surface area contributed by atoms with Crippen LogP contribution >= 0.6 is 0 Å². The summed E-state index contributed by atoms with van der Waals surface area (Å²) in [5, 5.41) is 10.3. The van der Waals surface area contributed by atoms with Crippen LogP contribution in [0.1, 0.15) is 44.1 Å². The minimum absolute atomic E-state index is 0.0269. The molecule has 1 aliphatic rings. The molecule has 0 unspecified atom stereocenters. The molecule has 218 valence electrons. The summed E-state index contributed by atoms with van der Waals surface area (Å²) in [6, 6.07) is 13.4. The lowest BCUT2D eigenvalue weighted by Gasteiger charge is -2.28. The molecule has 10 nitrogen and oxygen atoms in total. The molecule has 0 saturated carbocycles. The number of hydrogen-bond acceptors (Lipinski definition) is 7. The second-order valence-electron chi connectivity index (χ2n) is 10.1. The fraction of sp³-hybridized carbons (Fsp3) is 0.194. The topological polar surface area (TPSA) is 142 Å². The second-order valence-corrected chi connectivity index (χ2v) is 10.1. The van der Waals surface area contributed by atoms with Crippen molar-refractivity contribution in [2.24, 2.45) is 5.73 Å². The second kappa shape index (κ2) is 11.6. The van der Waals surface area contributed by atoms with E-state index in [1.807, 2.05) is 10.6 Å². The first-order valence-electron chi connectivity index (χ1n) is 13.4. The first-order chi connectivity index (χ1) is 20.7. The molecule has 0 radical (unpaired) electrons. The maximum Gasteiger partial charge on any atom is 0.335 e. The molecule has 2 aromatic carbocycles. The van der Waals surface area contributed by atoms with Crippen molar-refractivity contribution in [2.75, 3.05) is 6.61 Å². The predicted octanol–water partition coefficient (Wildman–Crippen LogP) is 4.53. The molecule has 0 spiro atoms. The molecule has 0 bridgehead atoms. The fourth-order valence-corrected chi connectivity index (χ4v) is 4.92. The lowest BCUT2D eigenvalue weighted by Crippen LogP contribution is -2.31. The Bertz CT molecular complexity index is 1850. The summed E-state index contributed by atoms with van der Waals surface area (Å²) >= 11 is 0. The average molecular weight is 586 g/mol. The van der Waals surface area contributed by atoms with Crippen molar-refractivity contribution in [3.8, 4) is 17.3 Å². The number of primary amides is 1. The van der Waals surface area contributed by atoms with Crippen LogP contribution in [0.5, 0.6) is 6.01 Å². The van der Waals surface area contributed by atoms with Crippen molar-refractivity contribution >= 4 is 22.8 Å². The van der Waals surface area contributed by atoms with Crippen molar-refractivity contribution in [1.29, 1.82) is 0 Å². The summed E-state index contributed by atoms with van der Waals surface area (Å²) in [6.45, 7) is 1.15. The molecule has 3 N–H and O–H groups in total. The average Bonchev–Trinajstić information content (AvgIpc) is 3.31. The normalized spacial score (nSPS) is 14.4. The minimum atomic E-state index is -1.05. The fourth-order valence-electron chi connectivity index (χ4n) is 4.92. The number of carboxylic acids is 1. The van der Waals surface area contributed by atoms with Crippen molar-refractivity contribution in [1.82, 2.24) is 19.5 Å². The third-order valence-electron chi connectivity index (χ3n) is 7.28. The molecule has 1 aliphatic heterocycles. The highest BCUT2D eigenvalue weighted by atomic mass is 19.1. The maximum atomic E-state index is 15.5. The highest BCUT2D eigenvalue weighted by Gasteiger charge is 2.23. The highest BCUT2D eigenvalue weighted by molar-refractivity contribution is 5.94. The van der Waals surface area contributed by atoms with Crippen LogP contribution < -0.4 is 10.5 Å². The Morgan fingerprint density at radius 1 is 1.07 bits per heavy atom. The van der Waals surface area contributed by atoms with Gasteiger partial charge in [-0.1, -0.05) is 12.1 Å². The number of halogens is 2. The van der Waals surface area contributed by atoms with E-state index in [0.29, 0.717) is 29.9 Å². The number of aromatic carboxylic acids is 1. The standard InChI is InChI=1S/C31H25F2N5O5/c32-24-13-23(26-5-7-35-31(37-26)43-16-17-1-4-27(29(34)39)36-14-17)25(33)11-20(24)10-21-9-18-2-3-19(30(40)41)12-28(18)38(21)15-22-6-8-42-22/h1-5,7,9,11-14,22H,6,8,10,15-16H2,(H2,34,39)(H,40,41)/t22-/m0/s1. The number of carbonyl (C=O) groups is 2. The number of rotatable bonds is 10. The van der Waals surface area contributed by atoms with Gasteiger partial charge in [0.2, 0.25) is 0 Å². The summed E-state index contributed by atoms with van der Waals surface area (Å²) < 4.78 is 44.0. The number of fused-ring (bicyclic) bond motifs is 1. The van der Waals surface area contributed by atoms with Gasteiger partial charge < -0.3 is 24.9 Å². The van der Waals surface area contributed by atoms with Gasteiger partial charge in [-0.05, 0) is 59.8 Å². The van der Waals surface area contributed by atoms with Gasteiger partial charge in [-0.25, -0.2) is 18.6 Å². The van der Waals surface area contributed by atoms with E-state index in [2.05, 4.69) is 15.0 Å². The predicted molar refractivity (Wildman–Crippen MR) is 151 cm³/mol. The van der Waals surface area contributed by atoms with Gasteiger partial charge >= 0.3 is 12.0 Å². The smallest absolute Gasteiger partial charge is 0.335 e. The Balaban J connectivity index is 1.24. The Kier molecular flexibility index (Phi) is 7.51. The molecular weight excluding hydrogens is 560 g/mol. The first kappa shape index (κ1) is 27.9. The number of ether oxygens (including phenoxy) is 2. The van der Waals surface area contributed by atoms with Gasteiger partial charge in [0, 0.05) is 54.3 Å². The zero-order valence-corrected chi connectivity index (χ0v) is 22.7. The summed E-state index contributed by atoms with van der Waals surface area (Å²) in [7, 11) is 0. The number of nitrogens with zero attached hydrogens (tertiary/aromatic N) is 4. The van der Waals surface area contributed by atoms with Crippen molar-refractivity contribution in [3.05, 3.63) is 107 Å². The van der Waals surface area contributed by atoms with Crippen LogP contribution in [0.4, 0.5) is 8.78 Å². The molecular formula is C31H25F2N5O5. The quantitative estimate of drug-likeness (QED) is 0.244. The van der Waals surface area contributed by atoms with E-state index in [-0.39, 0.29) is 53.2 Å². The van der Waals surface area contributed by atoms with Crippen LogP contribution in [0, 0.1) is 11.6 Å². The molecule has 1 atom stereocenters. The number of carboxylic acid groups (broad SMARTS) is 1. The molecule has 12 heteroatoms. The lowest BCUT2D eigenvalue weighted by molar-refractivity contribution is -0.0588. The van der Waals surface area contributed by atoms with E-state index in [1.54, 1.807) is 18.2 Å². The van der Waals surface area contributed by atoms with Gasteiger partial charge in [0.25, 0.3) is 5.91 Å². The van der Waals surface area contributed by atoms with E-state index in [1.165, 1.54) is 30.6 Å². The number of hydrogen-bond donors (Lipinski definition) is 2. The van der Waals surface area contributed by atoms with Crippen molar-refractivity contribution in [3.63, 3.8) is 0 Å². The van der Waals surface area contributed by atoms with Crippen LogP contribution in [0.15, 0.2) is 67.0 Å². The molecule has 1 saturated heterocycles. The van der Waals surface area contributed by atoms with Crippen molar-refractivity contribution < 1.29 is 33.0 Å². The van der Waals surface area contributed by atoms with Gasteiger partial charge in [0.1, 0.15) is 23.9 Å². The zero-order valence-electron chi connectivity index (χ0n) is 22.7. The van der Waals surface area contributed by atoms with E-state index >= 15 is 8.78 Å². The molecule has 1 fully saturated rings. The van der Waals surface area contributed by atoms with Crippen LogP contribution in [-0.4, -0.2) is 49.2 Å². The summed E-state index contributed by atoms with van der Waals surface area (Å²) in [5.41, 5.74) is 7.68. The third kappa shape index (κ3) is 5.90. The number of aromatic nitrogens is 4. The largest absolute Gasteiger partial charge is 0.478 e. The Labute approximate surface area is 243 Å². The summed E-state index contributed by atoms with van der Waals surface area (Å²) in [5.74, 6) is -3.00. The lowest BCUT2D eigenvalue weighted by atomic mass is 10.0. The van der Waals surface area contributed by atoms with Gasteiger partial charge in [-0.2, -0.15) is 4.98 Å². The number of carbonyl (C=O) groups excluding carboxylic acids is 1.